The Morgan fingerprint density at radius 2 is 1.91 bits per heavy atom. The summed E-state index contributed by atoms with van der Waals surface area (Å²) in [6.07, 6.45) is 9.40. The summed E-state index contributed by atoms with van der Waals surface area (Å²) < 4.78 is 7.96. The van der Waals surface area contributed by atoms with Gasteiger partial charge in [-0.2, -0.15) is 19.7 Å². The van der Waals surface area contributed by atoms with E-state index in [1.807, 2.05) is 0 Å². The summed E-state index contributed by atoms with van der Waals surface area (Å²) in [5.74, 6) is 1.23. The predicted octanol–water partition coefficient (Wildman–Crippen LogP) is 1.26. The van der Waals surface area contributed by atoms with Crippen LogP contribution >= 0.6 is 15.9 Å². The average Bonchev–Trinajstić information content (AvgIpc) is 3.56. The molecule has 1 fully saturated rings. The van der Waals surface area contributed by atoms with Crippen molar-refractivity contribution in [2.75, 3.05) is 13.1 Å². The summed E-state index contributed by atoms with van der Waals surface area (Å²) in [5, 5.41) is 19.9. The second-order valence-corrected chi connectivity index (χ2v) is 8.22. The Labute approximate surface area is 195 Å². The molecule has 33 heavy (non-hydrogen) atoms. The first-order valence-corrected chi connectivity index (χ1v) is 10.9. The molecule has 4 aromatic rings. The Kier molecular flexibility index (Phi) is 5.97. The van der Waals surface area contributed by atoms with Crippen LogP contribution in [0.2, 0.25) is 0 Å². The molecular formula is C19H18BrN11O2. The number of likely N-dealkylation sites (tertiary alicyclic amines) is 1. The first kappa shape index (κ1) is 21.1. The number of pyridine rings is 1. The molecule has 0 aromatic carbocycles. The van der Waals surface area contributed by atoms with Gasteiger partial charge in [-0.05, 0) is 51.3 Å². The largest absolute Gasteiger partial charge is 0.486 e. The molecule has 0 unspecified atom stereocenters. The minimum Gasteiger partial charge on any atom is -0.486 e. The van der Waals surface area contributed by atoms with Gasteiger partial charge in [0, 0.05) is 25.5 Å². The first-order valence-electron chi connectivity index (χ1n) is 10.2. The standard InChI is InChI=1S/C19H18BrN11O2/c20-13-7-22-18(23-8-13)19(32)29-5-3-15(4-6-29)31-25-9-14(26-31)11-33-16-1-2-17(21-10-16)30-12-24-27-28-30/h1-2,7-10,12,15H,3-6,11H2. The van der Waals surface area contributed by atoms with Crippen LogP contribution < -0.4 is 4.74 Å². The number of piperidine rings is 1. The van der Waals surface area contributed by atoms with Crippen molar-refractivity contribution in [3.05, 3.63) is 59.2 Å². The number of carbonyl (C=O) groups excluding carboxylic acids is 1. The van der Waals surface area contributed by atoms with E-state index in [-0.39, 0.29) is 24.4 Å². The number of hydrogen-bond donors (Lipinski definition) is 0. The Balaban J connectivity index is 1.13. The van der Waals surface area contributed by atoms with Crippen LogP contribution in [0.25, 0.3) is 5.82 Å². The summed E-state index contributed by atoms with van der Waals surface area (Å²) >= 11 is 3.27. The lowest BCUT2D eigenvalue weighted by Gasteiger charge is -2.30. The highest BCUT2D eigenvalue weighted by molar-refractivity contribution is 9.10. The van der Waals surface area contributed by atoms with Crippen LogP contribution in [-0.2, 0) is 6.61 Å². The van der Waals surface area contributed by atoms with Crippen LogP contribution in [0.1, 0.15) is 35.2 Å². The molecule has 14 heteroatoms. The van der Waals surface area contributed by atoms with E-state index < -0.39 is 0 Å². The molecule has 1 aliphatic heterocycles. The Morgan fingerprint density at radius 3 is 2.61 bits per heavy atom. The third kappa shape index (κ3) is 4.84. The zero-order valence-electron chi connectivity index (χ0n) is 17.3. The molecule has 0 saturated carbocycles. The molecule has 5 rings (SSSR count). The number of nitrogens with zero attached hydrogens (tertiary/aromatic N) is 11. The summed E-state index contributed by atoms with van der Waals surface area (Å²) in [6, 6.07) is 3.67. The third-order valence-electron chi connectivity index (χ3n) is 5.14. The molecule has 5 heterocycles. The van der Waals surface area contributed by atoms with E-state index >= 15 is 0 Å². The Hall–Kier alpha value is -3.81. The summed E-state index contributed by atoms with van der Waals surface area (Å²) in [5.41, 5.74) is 0.710. The fourth-order valence-electron chi connectivity index (χ4n) is 3.43. The second-order valence-electron chi connectivity index (χ2n) is 7.30. The van der Waals surface area contributed by atoms with Gasteiger partial charge in [-0.25, -0.2) is 15.0 Å². The van der Waals surface area contributed by atoms with Gasteiger partial charge >= 0.3 is 0 Å². The van der Waals surface area contributed by atoms with E-state index in [4.69, 9.17) is 4.74 Å². The quantitative estimate of drug-likeness (QED) is 0.371. The number of ether oxygens (including phenoxy) is 1. The number of amides is 1. The van der Waals surface area contributed by atoms with Gasteiger partial charge < -0.3 is 9.64 Å². The maximum Gasteiger partial charge on any atom is 0.291 e. The van der Waals surface area contributed by atoms with Crippen LogP contribution in [0.15, 0.2) is 47.7 Å². The number of carbonyl (C=O) groups is 1. The minimum absolute atomic E-state index is 0.117. The molecule has 0 radical (unpaired) electrons. The van der Waals surface area contributed by atoms with Gasteiger partial charge in [-0.15, -0.1) is 5.10 Å². The predicted molar refractivity (Wildman–Crippen MR) is 115 cm³/mol. The number of halogens is 1. The molecule has 0 N–H and O–H groups in total. The van der Waals surface area contributed by atoms with Gasteiger partial charge in [0.25, 0.3) is 5.91 Å². The topological polar surface area (TPSA) is 143 Å². The van der Waals surface area contributed by atoms with Gasteiger partial charge in [0.1, 0.15) is 24.4 Å². The molecule has 4 aromatic heterocycles. The lowest BCUT2D eigenvalue weighted by Crippen LogP contribution is -2.40. The van der Waals surface area contributed by atoms with Crippen molar-refractivity contribution in [3.8, 4) is 11.6 Å². The second kappa shape index (κ2) is 9.36. The van der Waals surface area contributed by atoms with Crippen molar-refractivity contribution in [2.45, 2.75) is 25.5 Å². The summed E-state index contributed by atoms with van der Waals surface area (Å²) in [7, 11) is 0. The SMILES string of the molecule is O=C(c1ncc(Br)cn1)N1CCC(n2ncc(COc3ccc(-n4cnnn4)nc3)n2)CC1. The van der Waals surface area contributed by atoms with E-state index in [1.54, 1.807) is 46.6 Å². The van der Waals surface area contributed by atoms with Crippen LogP contribution in [0, 0.1) is 0 Å². The molecule has 0 bridgehead atoms. The average molecular weight is 512 g/mol. The molecule has 1 amide bonds. The van der Waals surface area contributed by atoms with Crippen molar-refractivity contribution in [1.29, 1.82) is 0 Å². The monoisotopic (exact) mass is 511 g/mol. The molecule has 0 aliphatic carbocycles. The van der Waals surface area contributed by atoms with Gasteiger partial charge in [0.2, 0.25) is 5.82 Å². The van der Waals surface area contributed by atoms with Gasteiger partial charge in [0.05, 0.1) is 22.9 Å². The van der Waals surface area contributed by atoms with E-state index in [9.17, 15) is 4.79 Å². The molecule has 1 saturated heterocycles. The van der Waals surface area contributed by atoms with Crippen molar-refractivity contribution < 1.29 is 9.53 Å². The summed E-state index contributed by atoms with van der Waals surface area (Å²) in [4.78, 5) is 28.5. The van der Waals surface area contributed by atoms with Crippen LogP contribution in [-0.4, -0.2) is 74.0 Å². The fourth-order valence-corrected chi connectivity index (χ4v) is 3.64. The van der Waals surface area contributed by atoms with Gasteiger partial charge in [0.15, 0.2) is 5.82 Å². The highest BCUT2D eigenvalue weighted by Gasteiger charge is 2.27. The van der Waals surface area contributed by atoms with Crippen molar-refractivity contribution >= 4 is 21.8 Å². The van der Waals surface area contributed by atoms with Crippen LogP contribution in [0.5, 0.6) is 5.75 Å². The maximum atomic E-state index is 12.6. The number of rotatable bonds is 6. The van der Waals surface area contributed by atoms with Crippen molar-refractivity contribution in [1.82, 2.24) is 55.1 Å². The summed E-state index contributed by atoms with van der Waals surface area (Å²) in [6.45, 7) is 1.45. The van der Waals surface area contributed by atoms with Crippen LogP contribution in [0.3, 0.4) is 0 Å². The molecule has 0 atom stereocenters. The fraction of sp³-hybridized carbons (Fsp3) is 0.316. The van der Waals surface area contributed by atoms with Crippen LogP contribution in [0.4, 0.5) is 0 Å². The maximum absolute atomic E-state index is 12.6. The Bertz CT molecular complexity index is 1200. The number of hydrogen-bond acceptors (Lipinski definition) is 10. The third-order valence-corrected chi connectivity index (χ3v) is 5.55. The van der Waals surface area contributed by atoms with Gasteiger partial charge in [-0.1, -0.05) is 0 Å². The zero-order valence-corrected chi connectivity index (χ0v) is 18.9. The van der Waals surface area contributed by atoms with E-state index in [0.717, 1.165) is 17.3 Å². The normalized spacial score (nSPS) is 14.4. The zero-order chi connectivity index (χ0) is 22.6. The van der Waals surface area contributed by atoms with Crippen molar-refractivity contribution in [3.63, 3.8) is 0 Å². The molecule has 168 valence electrons. The lowest BCUT2D eigenvalue weighted by atomic mass is 10.1. The van der Waals surface area contributed by atoms with Gasteiger partial charge in [-0.3, -0.25) is 4.79 Å². The Morgan fingerprint density at radius 1 is 1.09 bits per heavy atom. The molecule has 0 spiro atoms. The highest BCUT2D eigenvalue weighted by atomic mass is 79.9. The van der Waals surface area contributed by atoms with E-state index in [0.29, 0.717) is 30.4 Å². The first-order chi connectivity index (χ1) is 16.2. The molecule has 13 nitrogen and oxygen atoms in total. The van der Waals surface area contributed by atoms with E-state index in [2.05, 4.69) is 56.6 Å². The number of tetrazole rings is 1. The highest BCUT2D eigenvalue weighted by Crippen LogP contribution is 2.22. The number of aromatic nitrogens is 10. The lowest BCUT2D eigenvalue weighted by molar-refractivity contribution is 0.0671. The smallest absolute Gasteiger partial charge is 0.291 e. The van der Waals surface area contributed by atoms with E-state index in [1.165, 1.54) is 11.0 Å². The minimum atomic E-state index is -0.164. The van der Waals surface area contributed by atoms with Crippen molar-refractivity contribution in [2.24, 2.45) is 0 Å². The molecular weight excluding hydrogens is 494 g/mol. The molecule has 1 aliphatic rings.